The van der Waals surface area contributed by atoms with E-state index < -0.39 is 0 Å². The molecular formula is C15H24Cl2NTi. The van der Waals surface area contributed by atoms with Crippen LogP contribution in [0.4, 0.5) is 0 Å². The predicted molar refractivity (Wildman–Crippen MR) is 69.5 cm³/mol. The summed E-state index contributed by atoms with van der Waals surface area (Å²) in [5.41, 5.74) is 5.00. The van der Waals surface area contributed by atoms with Crippen LogP contribution in [-0.4, -0.2) is 24.5 Å². The summed E-state index contributed by atoms with van der Waals surface area (Å²) in [5, 5.41) is 0. The average Bonchev–Trinajstić information content (AvgIpc) is 2.88. The summed E-state index contributed by atoms with van der Waals surface area (Å²) in [6.45, 7) is 13.3. The molecule has 2 rings (SSSR count). The number of rotatable bonds is 3. The van der Waals surface area contributed by atoms with E-state index in [-0.39, 0.29) is 24.8 Å². The van der Waals surface area contributed by atoms with Crippen LogP contribution >= 0.6 is 0 Å². The van der Waals surface area contributed by atoms with Crippen molar-refractivity contribution in [3.63, 3.8) is 0 Å². The standard InChI is InChI=1S/C15H24N.2ClH.Ti/c1-12-11-15(4,14(3)13(12)2)7-10-16-8-5-6-9-16;;;/h5-10H2,1-4H3;2*1H;/q;;;+2/p-2. The van der Waals surface area contributed by atoms with E-state index in [9.17, 15) is 0 Å². The van der Waals surface area contributed by atoms with Crippen molar-refractivity contribution in [2.24, 2.45) is 5.41 Å². The second kappa shape index (κ2) is 7.66. The van der Waals surface area contributed by atoms with Crippen molar-refractivity contribution in [1.29, 1.82) is 0 Å². The van der Waals surface area contributed by atoms with E-state index >= 15 is 0 Å². The van der Waals surface area contributed by atoms with Crippen LogP contribution in [-0.2, 0) is 20.4 Å². The Kier molecular flexibility index (Phi) is 7.96. The van der Waals surface area contributed by atoms with Crippen LogP contribution in [0.2, 0.25) is 0 Å². The van der Waals surface area contributed by atoms with Gasteiger partial charge in [-0.25, -0.2) is 0 Å². The van der Waals surface area contributed by atoms with E-state index in [1.807, 2.05) is 0 Å². The molecule has 1 fully saturated rings. The fourth-order valence-corrected chi connectivity index (χ4v) is 3.97. The zero-order chi connectivity index (χ0) is 12.6. The summed E-state index contributed by atoms with van der Waals surface area (Å²) in [5.74, 6) is 0. The molecule has 1 nitrogen and oxygen atoms in total. The normalized spacial score (nSPS) is 27.7. The Morgan fingerprint density at radius 2 is 1.58 bits per heavy atom. The Bertz CT molecular complexity index is 358. The topological polar surface area (TPSA) is 3.24 Å². The van der Waals surface area contributed by atoms with Crippen molar-refractivity contribution in [1.82, 2.24) is 4.90 Å². The first-order valence-electron chi connectivity index (χ1n) is 6.80. The fraction of sp³-hybridized carbons (Fsp3) is 0.733. The molecule has 0 radical (unpaired) electrons. The molecule has 0 bridgehead atoms. The van der Waals surface area contributed by atoms with Gasteiger partial charge in [0.05, 0.1) is 0 Å². The van der Waals surface area contributed by atoms with Gasteiger partial charge in [0.2, 0.25) is 0 Å². The molecule has 1 aliphatic carbocycles. The van der Waals surface area contributed by atoms with Gasteiger partial charge in [-0.15, -0.1) is 0 Å². The number of hydrogen-bond donors (Lipinski definition) is 0. The second-order valence-electron chi connectivity index (χ2n) is 5.88. The first kappa shape index (κ1) is 19.7. The molecule has 0 aromatic heterocycles. The van der Waals surface area contributed by atoms with Crippen LogP contribution in [0.5, 0.6) is 0 Å². The summed E-state index contributed by atoms with van der Waals surface area (Å²) < 4.78 is 1.60. The van der Waals surface area contributed by atoms with Gasteiger partial charge in [-0.3, -0.25) is 0 Å². The van der Waals surface area contributed by atoms with Crippen LogP contribution in [0, 0.1) is 5.41 Å². The number of allylic oxidation sites excluding steroid dienone is 4. The summed E-state index contributed by atoms with van der Waals surface area (Å²) in [7, 11) is 0. The molecule has 1 heterocycles. The monoisotopic (exact) mass is 336 g/mol. The quantitative estimate of drug-likeness (QED) is 0.522. The zero-order valence-electron chi connectivity index (χ0n) is 12.4. The van der Waals surface area contributed by atoms with Gasteiger partial charge >= 0.3 is 118 Å². The van der Waals surface area contributed by atoms with Crippen molar-refractivity contribution in [2.75, 3.05) is 19.6 Å². The van der Waals surface area contributed by atoms with Crippen LogP contribution < -0.4 is 24.8 Å². The molecule has 1 aliphatic heterocycles. The summed E-state index contributed by atoms with van der Waals surface area (Å²) >= 11 is 2.33. The fourth-order valence-electron chi connectivity index (χ4n) is 3.18. The van der Waals surface area contributed by atoms with Crippen molar-refractivity contribution >= 4 is 0 Å². The van der Waals surface area contributed by atoms with Gasteiger partial charge < -0.3 is 24.8 Å². The molecule has 0 aromatic carbocycles. The van der Waals surface area contributed by atoms with E-state index in [1.165, 1.54) is 50.0 Å². The molecule has 0 aromatic rings. The van der Waals surface area contributed by atoms with Crippen LogP contribution in [0.3, 0.4) is 0 Å². The van der Waals surface area contributed by atoms with Crippen molar-refractivity contribution < 1.29 is 45.2 Å². The molecule has 1 atom stereocenters. The minimum Gasteiger partial charge on any atom is -1.00 e. The first-order chi connectivity index (χ1) is 7.97. The van der Waals surface area contributed by atoms with Gasteiger partial charge in [-0.1, -0.05) is 0 Å². The molecule has 0 saturated carbocycles. The maximum atomic E-state index is 2.63. The number of nitrogens with zero attached hydrogens (tertiary/aromatic N) is 1. The van der Waals surface area contributed by atoms with Gasteiger partial charge in [0.25, 0.3) is 0 Å². The summed E-state index contributed by atoms with van der Waals surface area (Å²) in [4.78, 5) is 2.63. The number of likely N-dealkylation sites (tertiary alicyclic amines) is 1. The molecule has 0 spiro atoms. The Hall–Kier alpha value is 0.734. The second-order valence-corrected chi connectivity index (χ2v) is 6.66. The maximum Gasteiger partial charge on any atom is -1.00 e. The van der Waals surface area contributed by atoms with Crippen molar-refractivity contribution in [3.05, 3.63) is 20.6 Å². The van der Waals surface area contributed by atoms with Gasteiger partial charge in [0.15, 0.2) is 0 Å². The average molecular weight is 337 g/mol. The third-order valence-electron chi connectivity index (χ3n) is 5.01. The molecule has 1 saturated heterocycles. The Morgan fingerprint density at radius 3 is 2.00 bits per heavy atom. The van der Waals surface area contributed by atoms with E-state index in [0.29, 0.717) is 5.41 Å². The van der Waals surface area contributed by atoms with Crippen molar-refractivity contribution in [2.45, 2.75) is 47.0 Å². The number of hydrogen-bond acceptors (Lipinski definition) is 1. The first-order valence-corrected chi connectivity index (χ1v) is 7.58. The molecule has 0 amide bonds. The molecule has 107 valence electrons. The molecule has 0 N–H and O–H groups in total. The SMILES string of the molecule is CC1=C(C)C(C)(CCN2CCCC2)[C]([Ti+2])=C1C.[Cl-].[Cl-]. The van der Waals surface area contributed by atoms with Crippen LogP contribution in [0.15, 0.2) is 20.6 Å². The van der Waals surface area contributed by atoms with Crippen LogP contribution in [0.1, 0.15) is 47.0 Å². The Labute approximate surface area is 142 Å². The van der Waals surface area contributed by atoms with Gasteiger partial charge in [-0.05, 0) is 0 Å². The number of halogens is 2. The van der Waals surface area contributed by atoms with E-state index in [4.69, 9.17) is 0 Å². The third kappa shape index (κ3) is 3.68. The zero-order valence-corrected chi connectivity index (χ0v) is 15.5. The Morgan fingerprint density at radius 1 is 1.05 bits per heavy atom. The molecule has 1 unspecified atom stereocenters. The van der Waals surface area contributed by atoms with Gasteiger partial charge in [0, 0.05) is 0 Å². The predicted octanol–water partition coefficient (Wildman–Crippen LogP) is -2.34. The van der Waals surface area contributed by atoms with Gasteiger partial charge in [0.1, 0.15) is 0 Å². The molecule has 4 heteroatoms. The maximum absolute atomic E-state index is 2.63. The smallest absolute Gasteiger partial charge is 1.00 e. The molecular weight excluding hydrogens is 313 g/mol. The molecule has 19 heavy (non-hydrogen) atoms. The minimum atomic E-state index is 0. The summed E-state index contributed by atoms with van der Waals surface area (Å²) in [6, 6.07) is 0. The van der Waals surface area contributed by atoms with E-state index in [2.05, 4.69) is 53.0 Å². The minimum absolute atomic E-state index is 0. The Balaban J connectivity index is 0.00000162. The van der Waals surface area contributed by atoms with E-state index in [1.54, 1.807) is 9.45 Å². The summed E-state index contributed by atoms with van der Waals surface area (Å²) in [6.07, 6.45) is 4.09. The van der Waals surface area contributed by atoms with Crippen LogP contribution in [0.25, 0.3) is 0 Å². The van der Waals surface area contributed by atoms with Gasteiger partial charge in [-0.2, -0.15) is 0 Å². The van der Waals surface area contributed by atoms with Crippen molar-refractivity contribution in [3.8, 4) is 0 Å². The third-order valence-corrected chi connectivity index (χ3v) is 6.45. The largest absolute Gasteiger partial charge is 1.00 e. The molecule has 2 aliphatic rings. The van der Waals surface area contributed by atoms with E-state index in [0.717, 1.165) is 0 Å².